The molecule has 4 heterocycles. The van der Waals surface area contributed by atoms with E-state index < -0.39 is 0 Å². The molecule has 23 heavy (non-hydrogen) atoms. The van der Waals surface area contributed by atoms with Crippen molar-refractivity contribution in [2.24, 2.45) is 0 Å². The third-order valence-corrected chi connectivity index (χ3v) is 3.67. The van der Waals surface area contributed by atoms with Crippen LogP contribution in [-0.2, 0) is 6.54 Å². The molecule has 0 unspecified atom stereocenters. The van der Waals surface area contributed by atoms with Gasteiger partial charge in [0.2, 0.25) is 0 Å². The maximum absolute atomic E-state index is 12.2. The van der Waals surface area contributed by atoms with Crippen molar-refractivity contribution in [1.82, 2.24) is 24.7 Å². The molecule has 4 rings (SSSR count). The van der Waals surface area contributed by atoms with E-state index in [1.165, 1.54) is 4.40 Å². The fraction of sp³-hybridized carbons (Fsp3) is 0.0625. The average Bonchev–Trinajstić information content (AvgIpc) is 3.20. The van der Waals surface area contributed by atoms with Crippen LogP contribution in [-0.4, -0.2) is 25.3 Å². The van der Waals surface area contributed by atoms with Gasteiger partial charge in [-0.2, -0.15) is 0 Å². The van der Waals surface area contributed by atoms with Gasteiger partial charge in [-0.15, -0.1) is 0 Å². The summed E-state index contributed by atoms with van der Waals surface area (Å²) in [5, 5.41) is 3.78. The first-order valence-electron chi connectivity index (χ1n) is 7.12. The zero-order valence-electron chi connectivity index (χ0n) is 12.0. The number of carbonyl (C=O) groups is 1. The lowest BCUT2D eigenvalue weighted by atomic mass is 10.3. The summed E-state index contributed by atoms with van der Waals surface area (Å²) in [6.45, 7) is 0.280. The Kier molecular flexibility index (Phi) is 2.97. The highest BCUT2D eigenvalue weighted by molar-refractivity contribution is 5.93. The standard InChI is InChI=1S/C16H13N5O2/c22-15(13-8-12-2-1-7-21(12)16(23)20-13)18-9-11-4-3-10-5-6-17-14(10)19-11/h1-8H,9H2,(H,17,19)(H,18,22)(H,20,23). The molecule has 0 bridgehead atoms. The normalized spacial score (nSPS) is 11.1. The van der Waals surface area contributed by atoms with E-state index in [2.05, 4.69) is 20.3 Å². The summed E-state index contributed by atoms with van der Waals surface area (Å²) in [7, 11) is 0. The molecule has 0 saturated carbocycles. The Hall–Kier alpha value is -3.35. The largest absolute Gasteiger partial charge is 0.346 e. The topological polar surface area (TPSA) is 95.0 Å². The van der Waals surface area contributed by atoms with Crippen molar-refractivity contribution in [3.8, 4) is 0 Å². The molecule has 0 fully saturated rings. The quantitative estimate of drug-likeness (QED) is 0.534. The molecule has 4 aromatic rings. The summed E-state index contributed by atoms with van der Waals surface area (Å²) in [5.41, 5.74) is 2.06. The zero-order valence-corrected chi connectivity index (χ0v) is 12.0. The summed E-state index contributed by atoms with van der Waals surface area (Å²) in [6.07, 6.45) is 3.46. The van der Waals surface area contributed by atoms with Crippen LogP contribution < -0.4 is 11.0 Å². The molecular weight excluding hydrogens is 294 g/mol. The summed E-state index contributed by atoms with van der Waals surface area (Å²) in [4.78, 5) is 34.1. The highest BCUT2D eigenvalue weighted by Crippen LogP contribution is 2.10. The molecule has 4 aromatic heterocycles. The van der Waals surface area contributed by atoms with E-state index in [0.717, 1.165) is 16.7 Å². The molecule has 114 valence electrons. The molecule has 0 spiro atoms. The van der Waals surface area contributed by atoms with Crippen molar-refractivity contribution in [3.63, 3.8) is 0 Å². The van der Waals surface area contributed by atoms with Crippen LogP contribution in [0.3, 0.4) is 0 Å². The van der Waals surface area contributed by atoms with Gasteiger partial charge in [-0.05, 0) is 36.4 Å². The van der Waals surface area contributed by atoms with Gasteiger partial charge in [-0.25, -0.2) is 9.78 Å². The van der Waals surface area contributed by atoms with Crippen molar-refractivity contribution < 1.29 is 4.79 Å². The number of nitrogens with one attached hydrogen (secondary N) is 3. The van der Waals surface area contributed by atoms with Crippen LogP contribution >= 0.6 is 0 Å². The predicted octanol–water partition coefficient (Wildman–Crippen LogP) is 1.43. The maximum Gasteiger partial charge on any atom is 0.330 e. The van der Waals surface area contributed by atoms with Crippen LogP contribution in [0.2, 0.25) is 0 Å². The Morgan fingerprint density at radius 1 is 1.26 bits per heavy atom. The number of aromatic nitrogens is 4. The van der Waals surface area contributed by atoms with E-state index in [9.17, 15) is 9.59 Å². The van der Waals surface area contributed by atoms with Gasteiger partial charge in [0.05, 0.1) is 17.8 Å². The summed E-state index contributed by atoms with van der Waals surface area (Å²) < 4.78 is 1.44. The number of amides is 1. The SMILES string of the molecule is O=C(NCc1ccc2cc[nH]c2n1)c1cc2cccn2c(=O)[nH]1. The molecule has 0 atom stereocenters. The van der Waals surface area contributed by atoms with Crippen LogP contribution in [0.25, 0.3) is 16.6 Å². The van der Waals surface area contributed by atoms with E-state index in [1.807, 2.05) is 24.4 Å². The van der Waals surface area contributed by atoms with Crippen molar-refractivity contribution in [1.29, 1.82) is 0 Å². The number of fused-ring (bicyclic) bond motifs is 2. The number of nitrogens with zero attached hydrogens (tertiary/aromatic N) is 2. The van der Waals surface area contributed by atoms with E-state index >= 15 is 0 Å². The van der Waals surface area contributed by atoms with Crippen LogP contribution in [0.15, 0.2) is 53.6 Å². The lowest BCUT2D eigenvalue weighted by Crippen LogP contribution is -2.28. The minimum absolute atomic E-state index is 0.224. The summed E-state index contributed by atoms with van der Waals surface area (Å²) >= 11 is 0. The third kappa shape index (κ3) is 2.38. The smallest absolute Gasteiger partial charge is 0.330 e. The Morgan fingerprint density at radius 3 is 3.09 bits per heavy atom. The Bertz CT molecular complexity index is 1070. The minimum Gasteiger partial charge on any atom is -0.346 e. The third-order valence-electron chi connectivity index (χ3n) is 3.67. The molecular formula is C16H13N5O2. The van der Waals surface area contributed by atoms with Crippen molar-refractivity contribution in [2.45, 2.75) is 6.54 Å². The van der Waals surface area contributed by atoms with Gasteiger partial charge in [0.15, 0.2) is 0 Å². The first-order valence-corrected chi connectivity index (χ1v) is 7.12. The second-order valence-electron chi connectivity index (χ2n) is 5.19. The lowest BCUT2D eigenvalue weighted by molar-refractivity contribution is 0.0945. The molecule has 0 aliphatic carbocycles. The number of hydrogen-bond donors (Lipinski definition) is 3. The molecule has 0 aromatic carbocycles. The fourth-order valence-corrected chi connectivity index (χ4v) is 2.51. The highest BCUT2D eigenvalue weighted by atomic mass is 16.2. The van der Waals surface area contributed by atoms with Gasteiger partial charge in [0.1, 0.15) is 11.3 Å². The van der Waals surface area contributed by atoms with Gasteiger partial charge in [-0.1, -0.05) is 0 Å². The van der Waals surface area contributed by atoms with Crippen LogP contribution in [0, 0.1) is 0 Å². The van der Waals surface area contributed by atoms with E-state index in [0.29, 0.717) is 5.52 Å². The van der Waals surface area contributed by atoms with Crippen molar-refractivity contribution in [3.05, 3.63) is 70.7 Å². The molecule has 3 N–H and O–H groups in total. The van der Waals surface area contributed by atoms with Gasteiger partial charge in [0.25, 0.3) is 5.91 Å². The molecule has 1 amide bonds. The number of rotatable bonds is 3. The van der Waals surface area contributed by atoms with Gasteiger partial charge in [-0.3, -0.25) is 9.20 Å². The molecule has 0 radical (unpaired) electrons. The molecule has 7 heteroatoms. The number of aromatic amines is 2. The Balaban J connectivity index is 1.55. The summed E-state index contributed by atoms with van der Waals surface area (Å²) in [5.74, 6) is -0.348. The first kappa shape index (κ1) is 13.3. The number of hydrogen-bond acceptors (Lipinski definition) is 3. The van der Waals surface area contributed by atoms with Gasteiger partial charge >= 0.3 is 5.69 Å². The van der Waals surface area contributed by atoms with Gasteiger partial charge < -0.3 is 15.3 Å². The second kappa shape index (κ2) is 5.13. The van der Waals surface area contributed by atoms with Crippen LogP contribution in [0.5, 0.6) is 0 Å². The monoisotopic (exact) mass is 307 g/mol. The number of pyridine rings is 1. The van der Waals surface area contributed by atoms with E-state index in [-0.39, 0.29) is 23.8 Å². The average molecular weight is 307 g/mol. The lowest BCUT2D eigenvalue weighted by Gasteiger charge is -2.05. The minimum atomic E-state index is -0.348. The maximum atomic E-state index is 12.2. The van der Waals surface area contributed by atoms with Crippen molar-refractivity contribution >= 4 is 22.5 Å². The zero-order chi connectivity index (χ0) is 15.8. The van der Waals surface area contributed by atoms with Crippen molar-refractivity contribution in [2.75, 3.05) is 0 Å². The van der Waals surface area contributed by atoms with E-state index in [1.54, 1.807) is 24.4 Å². The molecule has 0 aliphatic rings. The summed E-state index contributed by atoms with van der Waals surface area (Å²) in [6, 6.07) is 10.9. The second-order valence-corrected chi connectivity index (χ2v) is 5.19. The van der Waals surface area contributed by atoms with Crippen LogP contribution in [0.1, 0.15) is 16.2 Å². The number of H-pyrrole nitrogens is 2. The first-order chi connectivity index (χ1) is 11.2. The Labute approximate surface area is 130 Å². The molecule has 0 saturated heterocycles. The van der Waals surface area contributed by atoms with Crippen LogP contribution in [0.4, 0.5) is 0 Å². The fourth-order valence-electron chi connectivity index (χ4n) is 2.51. The number of carbonyl (C=O) groups excluding carboxylic acids is 1. The molecule has 7 nitrogen and oxygen atoms in total. The highest BCUT2D eigenvalue weighted by Gasteiger charge is 2.09. The molecule has 0 aliphatic heterocycles. The van der Waals surface area contributed by atoms with Gasteiger partial charge in [0, 0.05) is 17.8 Å². The van der Waals surface area contributed by atoms with E-state index in [4.69, 9.17) is 0 Å². The Morgan fingerprint density at radius 2 is 2.17 bits per heavy atom. The predicted molar refractivity (Wildman–Crippen MR) is 85.3 cm³/mol.